The van der Waals surface area contributed by atoms with Gasteiger partial charge in [-0.05, 0) is 30.2 Å². The molecule has 2 aromatic rings. The number of carbonyl (C=O) groups excluding carboxylic acids is 2. The molecule has 0 bridgehead atoms. The van der Waals surface area contributed by atoms with Crippen LogP contribution in [-0.4, -0.2) is 23.5 Å². The summed E-state index contributed by atoms with van der Waals surface area (Å²) in [7, 11) is 0. The van der Waals surface area contributed by atoms with Crippen LogP contribution in [0.1, 0.15) is 30.9 Å². The first-order valence-corrected chi connectivity index (χ1v) is 8.58. The van der Waals surface area contributed by atoms with Crippen molar-refractivity contribution in [2.75, 3.05) is 6.61 Å². The molecule has 0 aliphatic heterocycles. The summed E-state index contributed by atoms with van der Waals surface area (Å²) in [6.07, 6.45) is -3.50. The topological polar surface area (TPSA) is 63.6 Å². The summed E-state index contributed by atoms with van der Waals surface area (Å²) in [5.74, 6) is -1.16. The first-order valence-electron chi connectivity index (χ1n) is 8.58. The van der Waals surface area contributed by atoms with E-state index in [0.29, 0.717) is 16.7 Å². The minimum Gasteiger partial charge on any atom is -0.507 e. The van der Waals surface area contributed by atoms with E-state index in [-0.39, 0.29) is 25.2 Å². The smallest absolute Gasteiger partial charge is 0.416 e. The fraction of sp³-hybridized carbons (Fsp3) is 0.238. The van der Waals surface area contributed by atoms with Gasteiger partial charge < -0.3 is 9.84 Å². The highest BCUT2D eigenvalue weighted by atomic mass is 19.4. The molecule has 0 aliphatic carbocycles. The number of hydrogen-bond donors (Lipinski definition) is 1. The highest BCUT2D eigenvalue weighted by Gasteiger charge is 2.29. The Hall–Kier alpha value is -3.09. The minimum absolute atomic E-state index is 0.0662. The molecule has 0 unspecified atom stereocenters. The van der Waals surface area contributed by atoms with Crippen molar-refractivity contribution in [3.8, 4) is 11.1 Å². The van der Waals surface area contributed by atoms with E-state index in [4.69, 9.17) is 4.74 Å². The standard InChI is InChI=1S/C21H19F3O4/c1-2-28-20(27)12-11-18(25)13-19(26)16-5-3-14(4-6-16)15-7-9-17(10-8-15)21(22,23)24/h3-10,13,26H,2,11-12H2,1H3. The molecule has 7 heteroatoms. The number of hydrogen-bond acceptors (Lipinski definition) is 4. The lowest BCUT2D eigenvalue weighted by atomic mass is 10.0. The van der Waals surface area contributed by atoms with Gasteiger partial charge in [0.2, 0.25) is 0 Å². The number of halogens is 3. The number of aliphatic hydroxyl groups excluding tert-OH is 1. The first kappa shape index (κ1) is 21.2. The maximum absolute atomic E-state index is 12.6. The lowest BCUT2D eigenvalue weighted by Crippen LogP contribution is -2.06. The van der Waals surface area contributed by atoms with Crippen LogP contribution in [0.2, 0.25) is 0 Å². The van der Waals surface area contributed by atoms with E-state index in [0.717, 1.165) is 18.2 Å². The van der Waals surface area contributed by atoms with Crippen LogP contribution in [0.15, 0.2) is 54.6 Å². The van der Waals surface area contributed by atoms with Gasteiger partial charge in [0.15, 0.2) is 5.78 Å². The summed E-state index contributed by atoms with van der Waals surface area (Å²) in [5.41, 5.74) is 0.905. The van der Waals surface area contributed by atoms with E-state index in [9.17, 15) is 27.9 Å². The minimum atomic E-state index is -4.39. The molecule has 0 saturated heterocycles. The van der Waals surface area contributed by atoms with Crippen LogP contribution in [0.5, 0.6) is 0 Å². The number of alkyl halides is 3. The third-order valence-corrected chi connectivity index (χ3v) is 3.90. The number of esters is 1. The molecule has 0 aliphatic rings. The molecule has 0 amide bonds. The van der Waals surface area contributed by atoms with Crippen LogP contribution in [0.3, 0.4) is 0 Å². The SMILES string of the molecule is CCOC(=O)CCC(=O)C=C(O)c1ccc(-c2ccc(C(F)(F)F)cc2)cc1. The molecule has 28 heavy (non-hydrogen) atoms. The summed E-state index contributed by atoms with van der Waals surface area (Å²) in [6, 6.07) is 11.1. The van der Waals surface area contributed by atoms with Gasteiger partial charge in [0, 0.05) is 18.1 Å². The Balaban J connectivity index is 2.05. The Morgan fingerprint density at radius 3 is 2.00 bits per heavy atom. The van der Waals surface area contributed by atoms with Gasteiger partial charge in [-0.2, -0.15) is 13.2 Å². The fourth-order valence-electron chi connectivity index (χ4n) is 2.45. The highest BCUT2D eigenvalue weighted by molar-refractivity contribution is 5.96. The van der Waals surface area contributed by atoms with Crippen molar-refractivity contribution in [1.82, 2.24) is 0 Å². The Labute approximate surface area is 160 Å². The maximum atomic E-state index is 12.6. The Bertz CT molecular complexity index is 851. The molecule has 0 fully saturated rings. The van der Waals surface area contributed by atoms with Crippen molar-refractivity contribution in [3.63, 3.8) is 0 Å². The second-order valence-electron chi connectivity index (χ2n) is 5.95. The molecule has 1 N–H and O–H groups in total. The maximum Gasteiger partial charge on any atom is 0.416 e. The molecule has 0 saturated carbocycles. The zero-order chi connectivity index (χ0) is 20.7. The van der Waals surface area contributed by atoms with Crippen LogP contribution in [0.4, 0.5) is 13.2 Å². The molecule has 0 aromatic heterocycles. The molecule has 2 aromatic carbocycles. The summed E-state index contributed by atoms with van der Waals surface area (Å²) >= 11 is 0. The molecule has 148 valence electrons. The van der Waals surface area contributed by atoms with Gasteiger partial charge in [-0.3, -0.25) is 9.59 Å². The van der Waals surface area contributed by atoms with Gasteiger partial charge in [0.25, 0.3) is 0 Å². The van der Waals surface area contributed by atoms with E-state index in [2.05, 4.69) is 0 Å². The van der Waals surface area contributed by atoms with Gasteiger partial charge in [-0.25, -0.2) is 0 Å². The van der Waals surface area contributed by atoms with E-state index in [1.165, 1.54) is 12.1 Å². The molecule has 0 atom stereocenters. The third kappa shape index (κ3) is 5.97. The third-order valence-electron chi connectivity index (χ3n) is 3.90. The zero-order valence-corrected chi connectivity index (χ0v) is 15.1. The molecule has 4 nitrogen and oxygen atoms in total. The van der Waals surface area contributed by atoms with Gasteiger partial charge in [-0.15, -0.1) is 0 Å². The van der Waals surface area contributed by atoms with Crippen LogP contribution in [-0.2, 0) is 20.5 Å². The predicted octanol–water partition coefficient (Wildman–Crippen LogP) is 5.18. The fourth-order valence-corrected chi connectivity index (χ4v) is 2.45. The number of allylic oxidation sites excluding steroid dienone is 1. The summed E-state index contributed by atoms with van der Waals surface area (Å²) in [4.78, 5) is 23.0. The van der Waals surface area contributed by atoms with Gasteiger partial charge in [0.05, 0.1) is 18.6 Å². The van der Waals surface area contributed by atoms with Gasteiger partial charge >= 0.3 is 12.1 Å². The first-order chi connectivity index (χ1) is 13.2. The summed E-state index contributed by atoms with van der Waals surface area (Å²) < 4.78 is 42.6. The number of ketones is 1. The Morgan fingerprint density at radius 2 is 1.50 bits per heavy atom. The lowest BCUT2D eigenvalue weighted by Gasteiger charge is -2.08. The number of ether oxygens (including phenoxy) is 1. The van der Waals surface area contributed by atoms with Crippen LogP contribution < -0.4 is 0 Å². The molecule has 2 rings (SSSR count). The van der Waals surface area contributed by atoms with Crippen molar-refractivity contribution in [3.05, 3.63) is 65.7 Å². The number of benzene rings is 2. The van der Waals surface area contributed by atoms with Crippen molar-refractivity contribution in [2.24, 2.45) is 0 Å². The van der Waals surface area contributed by atoms with Crippen LogP contribution in [0.25, 0.3) is 16.9 Å². The molecule has 0 heterocycles. The predicted molar refractivity (Wildman–Crippen MR) is 98.4 cm³/mol. The normalized spacial score (nSPS) is 11.9. The monoisotopic (exact) mass is 392 g/mol. The molecular weight excluding hydrogens is 373 g/mol. The van der Waals surface area contributed by atoms with Gasteiger partial charge in [-0.1, -0.05) is 36.4 Å². The zero-order valence-electron chi connectivity index (χ0n) is 15.1. The lowest BCUT2D eigenvalue weighted by molar-refractivity contribution is -0.144. The van der Waals surface area contributed by atoms with E-state index in [1.54, 1.807) is 31.2 Å². The second-order valence-corrected chi connectivity index (χ2v) is 5.95. The quantitative estimate of drug-likeness (QED) is 0.400. The molecule has 0 spiro atoms. The van der Waals surface area contributed by atoms with Crippen molar-refractivity contribution >= 4 is 17.5 Å². The largest absolute Gasteiger partial charge is 0.507 e. The van der Waals surface area contributed by atoms with E-state index in [1.807, 2.05) is 0 Å². The number of aliphatic hydroxyl groups is 1. The van der Waals surface area contributed by atoms with Gasteiger partial charge in [0.1, 0.15) is 5.76 Å². The van der Waals surface area contributed by atoms with E-state index >= 15 is 0 Å². The van der Waals surface area contributed by atoms with Crippen LogP contribution in [0, 0.1) is 0 Å². The summed E-state index contributed by atoms with van der Waals surface area (Å²) in [6.45, 7) is 1.90. The Morgan fingerprint density at radius 1 is 0.964 bits per heavy atom. The average molecular weight is 392 g/mol. The number of carbonyl (C=O) groups is 2. The molecular formula is C21H19F3O4. The Kier molecular flexibility index (Phi) is 6.98. The second kappa shape index (κ2) is 9.21. The average Bonchev–Trinajstić information content (AvgIpc) is 2.66. The number of rotatable bonds is 7. The van der Waals surface area contributed by atoms with Crippen molar-refractivity contribution in [1.29, 1.82) is 0 Å². The molecule has 0 radical (unpaired) electrons. The van der Waals surface area contributed by atoms with Crippen molar-refractivity contribution in [2.45, 2.75) is 25.9 Å². The van der Waals surface area contributed by atoms with Crippen molar-refractivity contribution < 1.29 is 32.6 Å². The summed E-state index contributed by atoms with van der Waals surface area (Å²) in [5, 5.41) is 10.0. The van der Waals surface area contributed by atoms with Crippen LogP contribution >= 0.6 is 0 Å². The highest BCUT2D eigenvalue weighted by Crippen LogP contribution is 2.31. The van der Waals surface area contributed by atoms with E-state index < -0.39 is 23.5 Å².